The van der Waals surface area contributed by atoms with Gasteiger partial charge in [0.2, 0.25) is 0 Å². The molecular formula is C18H17F3N2O. The highest BCUT2D eigenvalue weighted by Gasteiger charge is 2.38. The maximum atomic E-state index is 12.8. The van der Waals surface area contributed by atoms with Crippen LogP contribution >= 0.6 is 0 Å². The Morgan fingerprint density at radius 1 is 1.00 bits per heavy atom. The van der Waals surface area contributed by atoms with Crippen LogP contribution in [-0.2, 0) is 6.18 Å². The molecule has 1 saturated heterocycles. The quantitative estimate of drug-likeness (QED) is 0.780. The summed E-state index contributed by atoms with van der Waals surface area (Å²) in [4.78, 5) is 16.0. The second-order valence-corrected chi connectivity index (χ2v) is 5.71. The van der Waals surface area contributed by atoms with Crippen LogP contribution in [0.3, 0.4) is 0 Å². The molecule has 3 nitrogen and oxygen atoms in total. The number of halogens is 3. The number of carbonyl (C=O) groups excluding carboxylic acids is 1. The first kappa shape index (κ1) is 16.4. The summed E-state index contributed by atoms with van der Waals surface area (Å²) in [6.07, 6.45) is -3.62. The van der Waals surface area contributed by atoms with Crippen LogP contribution in [0.1, 0.15) is 18.9 Å². The predicted octanol–water partition coefficient (Wildman–Crippen LogP) is 4.93. The van der Waals surface area contributed by atoms with Crippen molar-refractivity contribution in [3.05, 3.63) is 60.2 Å². The van der Waals surface area contributed by atoms with Gasteiger partial charge in [-0.3, -0.25) is 9.80 Å². The average Bonchev–Trinajstić information content (AvgIpc) is 2.91. The number of anilines is 2. The van der Waals surface area contributed by atoms with Gasteiger partial charge in [0.25, 0.3) is 0 Å². The first-order chi connectivity index (χ1) is 11.4. The number of carbonyl (C=O) groups is 1. The smallest absolute Gasteiger partial charge is 0.292 e. The van der Waals surface area contributed by atoms with Gasteiger partial charge in [-0.1, -0.05) is 25.1 Å². The Morgan fingerprint density at radius 3 is 2.17 bits per heavy atom. The van der Waals surface area contributed by atoms with Gasteiger partial charge in [-0.25, -0.2) is 4.79 Å². The second kappa shape index (κ2) is 6.19. The number of hydrogen-bond acceptors (Lipinski definition) is 1. The van der Waals surface area contributed by atoms with E-state index in [1.807, 2.05) is 37.3 Å². The number of amides is 2. The molecule has 1 unspecified atom stereocenters. The maximum Gasteiger partial charge on any atom is 0.416 e. The SMILES string of the molecule is CCC1CN(c2ccc(C(F)(F)F)cc2)C(=O)N1c1ccccc1. The Morgan fingerprint density at radius 2 is 1.62 bits per heavy atom. The van der Waals surface area contributed by atoms with Crippen molar-refractivity contribution in [2.24, 2.45) is 0 Å². The van der Waals surface area contributed by atoms with Crippen LogP contribution < -0.4 is 9.80 Å². The molecule has 1 aliphatic rings. The first-order valence-corrected chi connectivity index (χ1v) is 7.75. The number of urea groups is 1. The zero-order valence-electron chi connectivity index (χ0n) is 13.1. The van der Waals surface area contributed by atoms with E-state index in [1.54, 1.807) is 4.90 Å². The van der Waals surface area contributed by atoms with Gasteiger partial charge in [0.1, 0.15) is 0 Å². The molecular weight excluding hydrogens is 317 g/mol. The third-order valence-electron chi connectivity index (χ3n) is 4.21. The van der Waals surface area contributed by atoms with E-state index in [0.717, 1.165) is 24.2 Å². The normalized spacial score (nSPS) is 18.3. The van der Waals surface area contributed by atoms with Crippen LogP contribution in [0.15, 0.2) is 54.6 Å². The van der Waals surface area contributed by atoms with E-state index in [-0.39, 0.29) is 12.1 Å². The molecule has 2 amide bonds. The van der Waals surface area contributed by atoms with Crippen LogP contribution in [0.25, 0.3) is 0 Å². The largest absolute Gasteiger partial charge is 0.416 e. The average molecular weight is 334 g/mol. The fourth-order valence-corrected chi connectivity index (χ4v) is 2.92. The molecule has 24 heavy (non-hydrogen) atoms. The van der Waals surface area contributed by atoms with Gasteiger partial charge < -0.3 is 0 Å². The molecule has 0 radical (unpaired) electrons. The summed E-state index contributed by atoms with van der Waals surface area (Å²) in [6.45, 7) is 2.44. The molecule has 6 heteroatoms. The molecule has 0 aliphatic carbocycles. The van der Waals surface area contributed by atoms with E-state index in [4.69, 9.17) is 0 Å². The summed E-state index contributed by atoms with van der Waals surface area (Å²) in [6, 6.07) is 13.8. The lowest BCUT2D eigenvalue weighted by molar-refractivity contribution is -0.137. The molecule has 2 aromatic rings. The van der Waals surface area contributed by atoms with E-state index in [0.29, 0.717) is 12.2 Å². The minimum absolute atomic E-state index is 0.0119. The summed E-state index contributed by atoms with van der Waals surface area (Å²) in [5.74, 6) is 0. The summed E-state index contributed by atoms with van der Waals surface area (Å²) in [5, 5.41) is 0. The standard InChI is InChI=1S/C18H17F3N2O/c1-2-14-12-22(15-10-8-13(9-11-15)18(19,20)21)17(24)23(14)16-6-4-3-5-7-16/h3-11,14H,2,12H2,1H3. The van der Waals surface area contributed by atoms with Crippen molar-refractivity contribution < 1.29 is 18.0 Å². The number of para-hydroxylation sites is 1. The van der Waals surface area contributed by atoms with E-state index in [1.165, 1.54) is 17.0 Å². The molecule has 1 aliphatic heterocycles. The van der Waals surface area contributed by atoms with Crippen LogP contribution in [0.5, 0.6) is 0 Å². The van der Waals surface area contributed by atoms with E-state index in [2.05, 4.69) is 0 Å². The molecule has 1 fully saturated rings. The van der Waals surface area contributed by atoms with Crippen molar-refractivity contribution in [3.8, 4) is 0 Å². The maximum absolute atomic E-state index is 12.8. The molecule has 1 atom stereocenters. The molecule has 1 heterocycles. The molecule has 0 saturated carbocycles. The van der Waals surface area contributed by atoms with Gasteiger partial charge in [0.05, 0.1) is 11.6 Å². The Labute approximate surface area is 138 Å². The predicted molar refractivity (Wildman–Crippen MR) is 87.2 cm³/mol. The lowest BCUT2D eigenvalue weighted by Crippen LogP contribution is -2.34. The fourth-order valence-electron chi connectivity index (χ4n) is 2.92. The number of alkyl halides is 3. The molecule has 0 N–H and O–H groups in total. The summed E-state index contributed by atoms with van der Waals surface area (Å²) >= 11 is 0. The summed E-state index contributed by atoms with van der Waals surface area (Å²) in [5.41, 5.74) is 0.554. The summed E-state index contributed by atoms with van der Waals surface area (Å²) < 4.78 is 38.1. The molecule has 0 aromatic heterocycles. The third-order valence-corrected chi connectivity index (χ3v) is 4.21. The Hall–Kier alpha value is -2.50. The highest BCUT2D eigenvalue weighted by Crippen LogP contribution is 2.33. The van der Waals surface area contributed by atoms with Crippen LogP contribution in [-0.4, -0.2) is 18.6 Å². The Balaban J connectivity index is 1.89. The van der Waals surface area contributed by atoms with Gasteiger partial charge in [-0.15, -0.1) is 0 Å². The van der Waals surface area contributed by atoms with Crippen LogP contribution in [0, 0.1) is 0 Å². The zero-order chi connectivity index (χ0) is 17.3. The van der Waals surface area contributed by atoms with Gasteiger partial charge in [0.15, 0.2) is 0 Å². The number of rotatable bonds is 3. The second-order valence-electron chi connectivity index (χ2n) is 5.71. The number of hydrogen-bond donors (Lipinski definition) is 0. The number of nitrogens with zero attached hydrogens (tertiary/aromatic N) is 2. The minimum atomic E-state index is -4.38. The van der Waals surface area contributed by atoms with Gasteiger partial charge >= 0.3 is 12.2 Å². The lowest BCUT2D eigenvalue weighted by atomic mass is 10.1. The highest BCUT2D eigenvalue weighted by atomic mass is 19.4. The van der Waals surface area contributed by atoms with Crippen molar-refractivity contribution in [1.82, 2.24) is 0 Å². The summed E-state index contributed by atoms with van der Waals surface area (Å²) in [7, 11) is 0. The minimum Gasteiger partial charge on any atom is -0.292 e. The van der Waals surface area contributed by atoms with Crippen LogP contribution in [0.2, 0.25) is 0 Å². The Bertz CT molecular complexity index is 713. The topological polar surface area (TPSA) is 23.6 Å². The van der Waals surface area contributed by atoms with Crippen LogP contribution in [0.4, 0.5) is 29.3 Å². The van der Waals surface area contributed by atoms with Crippen molar-refractivity contribution in [2.75, 3.05) is 16.3 Å². The van der Waals surface area contributed by atoms with Crippen molar-refractivity contribution in [2.45, 2.75) is 25.6 Å². The van der Waals surface area contributed by atoms with Gasteiger partial charge in [-0.05, 0) is 42.8 Å². The molecule has 0 bridgehead atoms. The van der Waals surface area contributed by atoms with Crippen molar-refractivity contribution in [3.63, 3.8) is 0 Å². The fraction of sp³-hybridized carbons (Fsp3) is 0.278. The molecule has 0 spiro atoms. The number of benzene rings is 2. The highest BCUT2D eigenvalue weighted by molar-refractivity contribution is 6.06. The monoisotopic (exact) mass is 334 g/mol. The van der Waals surface area contributed by atoms with Gasteiger partial charge in [-0.2, -0.15) is 13.2 Å². The first-order valence-electron chi connectivity index (χ1n) is 7.75. The lowest BCUT2D eigenvalue weighted by Gasteiger charge is -2.22. The molecule has 3 rings (SSSR count). The van der Waals surface area contributed by atoms with Gasteiger partial charge in [0, 0.05) is 17.9 Å². The van der Waals surface area contributed by atoms with E-state index >= 15 is 0 Å². The van der Waals surface area contributed by atoms with E-state index in [9.17, 15) is 18.0 Å². The van der Waals surface area contributed by atoms with Crippen molar-refractivity contribution in [1.29, 1.82) is 0 Å². The zero-order valence-corrected chi connectivity index (χ0v) is 13.1. The molecule has 126 valence electrons. The van der Waals surface area contributed by atoms with Crippen molar-refractivity contribution >= 4 is 17.4 Å². The van der Waals surface area contributed by atoms with E-state index < -0.39 is 11.7 Å². The third kappa shape index (κ3) is 2.96. The Kier molecular flexibility index (Phi) is 4.22. The molecule has 2 aromatic carbocycles.